The van der Waals surface area contributed by atoms with E-state index in [1.807, 2.05) is 54.6 Å². The van der Waals surface area contributed by atoms with Crippen molar-refractivity contribution >= 4 is 17.5 Å². The molecule has 1 N–H and O–H groups in total. The number of amides is 1. The summed E-state index contributed by atoms with van der Waals surface area (Å²) in [6.07, 6.45) is 0. The minimum atomic E-state index is -0.203. The third kappa shape index (κ3) is 4.10. The number of nitrogens with one attached hydrogen (secondary N) is 1. The smallest absolute Gasteiger partial charge is 0.251 e. The van der Waals surface area contributed by atoms with E-state index in [4.69, 9.17) is 16.1 Å². The van der Waals surface area contributed by atoms with Gasteiger partial charge in [0, 0.05) is 16.1 Å². The van der Waals surface area contributed by atoms with Gasteiger partial charge in [0.2, 0.25) is 11.7 Å². The van der Waals surface area contributed by atoms with Crippen molar-refractivity contribution in [1.29, 1.82) is 0 Å². The topological polar surface area (TPSA) is 68.0 Å². The van der Waals surface area contributed by atoms with Crippen molar-refractivity contribution in [3.05, 3.63) is 95.3 Å². The number of hydrogen-bond acceptors (Lipinski definition) is 4. The minimum Gasteiger partial charge on any atom is -0.343 e. The summed E-state index contributed by atoms with van der Waals surface area (Å²) < 4.78 is 5.20. The second kappa shape index (κ2) is 8.06. The number of halogens is 1. The Morgan fingerprint density at radius 3 is 2.21 bits per heavy atom. The normalized spacial score (nSPS) is 10.6. The second-order valence-electron chi connectivity index (χ2n) is 6.14. The lowest BCUT2D eigenvalue weighted by atomic mass is 10.0. The molecular weight excluding hydrogens is 374 g/mol. The number of carbonyl (C=O) groups excluding carboxylic acids is 1. The monoisotopic (exact) mass is 389 g/mol. The number of aromatic nitrogens is 2. The van der Waals surface area contributed by atoms with E-state index in [2.05, 4.69) is 15.5 Å². The van der Waals surface area contributed by atoms with Gasteiger partial charge >= 0.3 is 0 Å². The summed E-state index contributed by atoms with van der Waals surface area (Å²) in [5.41, 5.74) is 3.52. The Morgan fingerprint density at radius 1 is 0.857 bits per heavy atom. The van der Waals surface area contributed by atoms with E-state index in [-0.39, 0.29) is 12.5 Å². The predicted molar refractivity (Wildman–Crippen MR) is 108 cm³/mol. The molecule has 6 heteroatoms. The van der Waals surface area contributed by atoms with Gasteiger partial charge in [-0.2, -0.15) is 4.98 Å². The first-order valence-corrected chi connectivity index (χ1v) is 9.09. The molecule has 0 saturated carbocycles. The highest BCUT2D eigenvalue weighted by molar-refractivity contribution is 6.30. The fourth-order valence-corrected chi connectivity index (χ4v) is 2.87. The molecule has 0 aliphatic carbocycles. The maximum Gasteiger partial charge on any atom is 0.251 e. The van der Waals surface area contributed by atoms with Crippen molar-refractivity contribution in [1.82, 2.24) is 15.5 Å². The van der Waals surface area contributed by atoms with Crippen molar-refractivity contribution in [2.75, 3.05) is 0 Å². The first kappa shape index (κ1) is 17.9. The highest BCUT2D eigenvalue weighted by Gasteiger charge is 2.11. The van der Waals surface area contributed by atoms with E-state index in [0.717, 1.165) is 16.7 Å². The van der Waals surface area contributed by atoms with E-state index in [1.165, 1.54) is 0 Å². The van der Waals surface area contributed by atoms with Gasteiger partial charge in [-0.15, -0.1) is 0 Å². The lowest BCUT2D eigenvalue weighted by Crippen LogP contribution is -2.22. The summed E-state index contributed by atoms with van der Waals surface area (Å²) in [5, 5.41) is 7.36. The van der Waals surface area contributed by atoms with Crippen molar-refractivity contribution in [3.8, 4) is 22.5 Å². The molecular formula is C22H16ClN3O2. The molecule has 138 valence electrons. The largest absolute Gasteiger partial charge is 0.343 e. The number of benzene rings is 3. The van der Waals surface area contributed by atoms with Crippen molar-refractivity contribution in [2.45, 2.75) is 6.54 Å². The Kier molecular flexibility index (Phi) is 5.17. The molecule has 0 bridgehead atoms. The summed E-state index contributed by atoms with van der Waals surface area (Å²) in [6, 6.07) is 24.6. The maximum absolute atomic E-state index is 12.4. The minimum absolute atomic E-state index is 0.153. The van der Waals surface area contributed by atoms with Gasteiger partial charge in [-0.1, -0.05) is 59.2 Å². The molecule has 4 rings (SSSR count). The van der Waals surface area contributed by atoms with Crippen LogP contribution in [-0.2, 0) is 6.54 Å². The molecule has 0 radical (unpaired) electrons. The Hall–Kier alpha value is -3.44. The number of nitrogens with zero attached hydrogens (tertiary/aromatic N) is 2. The highest BCUT2D eigenvalue weighted by atomic mass is 35.5. The van der Waals surface area contributed by atoms with Crippen molar-refractivity contribution in [3.63, 3.8) is 0 Å². The molecule has 28 heavy (non-hydrogen) atoms. The van der Waals surface area contributed by atoms with Crippen LogP contribution in [0.1, 0.15) is 16.2 Å². The average molecular weight is 390 g/mol. The highest BCUT2D eigenvalue weighted by Crippen LogP contribution is 2.20. The van der Waals surface area contributed by atoms with Crippen LogP contribution in [0, 0.1) is 0 Å². The van der Waals surface area contributed by atoms with E-state index in [0.29, 0.717) is 22.3 Å². The van der Waals surface area contributed by atoms with E-state index in [1.54, 1.807) is 24.3 Å². The Balaban J connectivity index is 1.39. The van der Waals surface area contributed by atoms with Crippen LogP contribution in [0.3, 0.4) is 0 Å². The van der Waals surface area contributed by atoms with Crippen LogP contribution in [0.5, 0.6) is 0 Å². The van der Waals surface area contributed by atoms with Crippen molar-refractivity contribution < 1.29 is 9.32 Å². The maximum atomic E-state index is 12.4. The lowest BCUT2D eigenvalue weighted by molar-refractivity contribution is 0.0946. The molecule has 5 nitrogen and oxygen atoms in total. The van der Waals surface area contributed by atoms with Gasteiger partial charge in [-0.25, -0.2) is 0 Å². The molecule has 0 spiro atoms. The van der Waals surface area contributed by atoms with Crippen LogP contribution in [0.4, 0.5) is 0 Å². The van der Waals surface area contributed by atoms with Crippen LogP contribution in [-0.4, -0.2) is 16.0 Å². The van der Waals surface area contributed by atoms with Crippen molar-refractivity contribution in [2.24, 2.45) is 0 Å². The van der Waals surface area contributed by atoms with E-state index in [9.17, 15) is 4.79 Å². The van der Waals surface area contributed by atoms with Gasteiger partial charge in [0.05, 0.1) is 6.54 Å². The summed E-state index contributed by atoms with van der Waals surface area (Å²) in [4.78, 5) is 16.7. The van der Waals surface area contributed by atoms with Gasteiger partial charge in [0.15, 0.2) is 0 Å². The van der Waals surface area contributed by atoms with Crippen LogP contribution in [0.25, 0.3) is 22.5 Å². The SMILES string of the molecule is O=C(NCc1nc(-c2ccc(Cl)cc2)no1)c1ccc(-c2ccccc2)cc1. The molecule has 1 heterocycles. The lowest BCUT2D eigenvalue weighted by Gasteiger charge is -2.05. The molecule has 0 fully saturated rings. The number of carbonyl (C=O) groups is 1. The average Bonchev–Trinajstić information content (AvgIpc) is 3.22. The molecule has 0 unspecified atom stereocenters. The van der Waals surface area contributed by atoms with Crippen LogP contribution in [0.2, 0.25) is 5.02 Å². The quantitative estimate of drug-likeness (QED) is 0.522. The molecule has 0 atom stereocenters. The zero-order chi connectivity index (χ0) is 19.3. The predicted octanol–water partition coefficient (Wildman–Crippen LogP) is 4.99. The zero-order valence-corrected chi connectivity index (χ0v) is 15.6. The first-order chi connectivity index (χ1) is 13.7. The van der Waals surface area contributed by atoms with E-state index >= 15 is 0 Å². The third-order valence-electron chi connectivity index (χ3n) is 4.22. The molecule has 3 aromatic carbocycles. The van der Waals surface area contributed by atoms with Gasteiger partial charge in [0.25, 0.3) is 5.91 Å². The molecule has 0 saturated heterocycles. The Bertz CT molecular complexity index is 1070. The molecule has 1 amide bonds. The van der Waals surface area contributed by atoms with Gasteiger partial charge in [0.1, 0.15) is 0 Å². The summed E-state index contributed by atoms with van der Waals surface area (Å²) in [7, 11) is 0. The zero-order valence-electron chi connectivity index (χ0n) is 14.8. The Labute approximate surface area is 167 Å². The van der Waals surface area contributed by atoms with Crippen LogP contribution in [0.15, 0.2) is 83.4 Å². The second-order valence-corrected chi connectivity index (χ2v) is 6.58. The van der Waals surface area contributed by atoms with Crippen LogP contribution < -0.4 is 5.32 Å². The fraction of sp³-hybridized carbons (Fsp3) is 0.0455. The molecule has 4 aromatic rings. The van der Waals surface area contributed by atoms with Gasteiger partial charge in [-0.05, 0) is 47.5 Å². The van der Waals surface area contributed by atoms with Crippen LogP contribution >= 0.6 is 11.6 Å². The number of hydrogen-bond donors (Lipinski definition) is 1. The first-order valence-electron chi connectivity index (χ1n) is 8.71. The van der Waals surface area contributed by atoms with E-state index < -0.39 is 0 Å². The third-order valence-corrected chi connectivity index (χ3v) is 4.48. The summed E-state index contributed by atoms with van der Waals surface area (Å²) in [6.45, 7) is 0.153. The molecule has 1 aromatic heterocycles. The molecule has 0 aliphatic rings. The number of rotatable bonds is 5. The summed E-state index contributed by atoms with van der Waals surface area (Å²) >= 11 is 5.88. The molecule has 0 aliphatic heterocycles. The summed E-state index contributed by atoms with van der Waals surface area (Å²) in [5.74, 6) is 0.582. The standard InChI is InChI=1S/C22H16ClN3O2/c23-19-12-10-17(11-13-19)21-25-20(28-26-21)14-24-22(27)18-8-6-16(7-9-18)15-4-2-1-3-5-15/h1-13H,14H2,(H,24,27). The van der Waals surface area contributed by atoms with Gasteiger partial charge in [-0.3, -0.25) is 4.79 Å². The van der Waals surface area contributed by atoms with Gasteiger partial charge < -0.3 is 9.84 Å². The fourth-order valence-electron chi connectivity index (χ4n) is 2.75. The Morgan fingerprint density at radius 2 is 1.50 bits per heavy atom.